The highest BCUT2D eigenvalue weighted by Gasteiger charge is 2.16. The third-order valence-corrected chi connectivity index (χ3v) is 3.77. The predicted molar refractivity (Wildman–Crippen MR) is 96.3 cm³/mol. The second kappa shape index (κ2) is 8.23. The Balaban J connectivity index is 1.69. The van der Waals surface area contributed by atoms with Gasteiger partial charge in [0.05, 0.1) is 11.1 Å². The average Bonchev–Trinajstić information content (AvgIpc) is 2.69. The quantitative estimate of drug-likeness (QED) is 0.672. The van der Waals surface area contributed by atoms with E-state index in [9.17, 15) is 18.4 Å². The van der Waals surface area contributed by atoms with Crippen LogP contribution in [0.15, 0.2) is 72.8 Å². The molecule has 0 aliphatic carbocycles. The van der Waals surface area contributed by atoms with Gasteiger partial charge in [0.15, 0.2) is 11.6 Å². The van der Waals surface area contributed by atoms with Crippen molar-refractivity contribution in [2.45, 2.75) is 6.61 Å². The number of benzene rings is 3. The molecule has 0 aliphatic heterocycles. The number of anilines is 1. The SMILES string of the molecule is O=C(OCc1ccccc1)c1cccc(NC(=O)c2cccc(F)c2F)c1. The van der Waals surface area contributed by atoms with E-state index in [4.69, 9.17) is 4.74 Å². The third kappa shape index (κ3) is 4.55. The zero-order valence-corrected chi connectivity index (χ0v) is 14.1. The summed E-state index contributed by atoms with van der Waals surface area (Å²) in [5.41, 5.74) is 0.908. The number of amides is 1. The summed E-state index contributed by atoms with van der Waals surface area (Å²) >= 11 is 0. The summed E-state index contributed by atoms with van der Waals surface area (Å²) in [6.45, 7) is 0.116. The summed E-state index contributed by atoms with van der Waals surface area (Å²) in [5, 5.41) is 2.44. The Morgan fingerprint density at radius 1 is 0.889 bits per heavy atom. The standard InChI is InChI=1S/C21H15F2NO3/c22-18-11-5-10-17(19(18)23)20(25)24-16-9-4-8-15(12-16)21(26)27-13-14-6-2-1-3-7-14/h1-12H,13H2,(H,24,25). The van der Waals surface area contributed by atoms with Crippen molar-refractivity contribution < 1.29 is 23.1 Å². The average molecular weight is 367 g/mol. The van der Waals surface area contributed by atoms with Crippen molar-refractivity contribution in [3.63, 3.8) is 0 Å². The van der Waals surface area contributed by atoms with Gasteiger partial charge in [0.1, 0.15) is 6.61 Å². The van der Waals surface area contributed by atoms with Crippen LogP contribution in [0.5, 0.6) is 0 Å². The zero-order valence-electron chi connectivity index (χ0n) is 14.1. The number of carbonyl (C=O) groups excluding carboxylic acids is 2. The van der Waals surface area contributed by atoms with Crippen molar-refractivity contribution in [2.24, 2.45) is 0 Å². The van der Waals surface area contributed by atoms with Gasteiger partial charge in [-0.05, 0) is 35.9 Å². The molecule has 0 fully saturated rings. The summed E-state index contributed by atoms with van der Waals surface area (Å²) in [5.74, 6) is -3.72. The Labute approximate surface area is 154 Å². The number of hydrogen-bond donors (Lipinski definition) is 1. The number of ether oxygens (including phenoxy) is 1. The molecule has 0 saturated heterocycles. The molecule has 1 N–H and O–H groups in total. The van der Waals surface area contributed by atoms with E-state index in [1.165, 1.54) is 30.3 Å². The van der Waals surface area contributed by atoms with Crippen LogP contribution in [0.1, 0.15) is 26.3 Å². The van der Waals surface area contributed by atoms with Gasteiger partial charge >= 0.3 is 5.97 Å². The monoisotopic (exact) mass is 367 g/mol. The van der Waals surface area contributed by atoms with Crippen LogP contribution < -0.4 is 5.32 Å². The highest BCUT2D eigenvalue weighted by atomic mass is 19.2. The van der Waals surface area contributed by atoms with Crippen LogP contribution in [0.4, 0.5) is 14.5 Å². The molecule has 0 radical (unpaired) electrons. The largest absolute Gasteiger partial charge is 0.457 e. The summed E-state index contributed by atoms with van der Waals surface area (Å²) in [4.78, 5) is 24.3. The molecule has 4 nitrogen and oxygen atoms in total. The topological polar surface area (TPSA) is 55.4 Å². The Bertz CT molecular complexity index is 974. The van der Waals surface area contributed by atoms with E-state index < -0.39 is 29.1 Å². The van der Waals surface area contributed by atoms with E-state index in [0.717, 1.165) is 11.6 Å². The van der Waals surface area contributed by atoms with Crippen molar-refractivity contribution >= 4 is 17.6 Å². The molecule has 0 spiro atoms. The Hall–Kier alpha value is -3.54. The number of hydrogen-bond acceptors (Lipinski definition) is 3. The minimum Gasteiger partial charge on any atom is -0.457 e. The molecule has 3 aromatic rings. The molecule has 6 heteroatoms. The van der Waals surface area contributed by atoms with Gasteiger partial charge in [0, 0.05) is 5.69 Å². The predicted octanol–water partition coefficient (Wildman–Crippen LogP) is 4.57. The fraction of sp³-hybridized carbons (Fsp3) is 0.0476. The molecule has 3 rings (SSSR count). The van der Waals surface area contributed by atoms with E-state index in [2.05, 4.69) is 5.32 Å². The van der Waals surface area contributed by atoms with Gasteiger partial charge in [0.2, 0.25) is 0 Å². The Morgan fingerprint density at radius 2 is 1.63 bits per heavy atom. The number of halogens is 2. The zero-order chi connectivity index (χ0) is 19.2. The van der Waals surface area contributed by atoms with E-state index >= 15 is 0 Å². The van der Waals surface area contributed by atoms with Gasteiger partial charge in [-0.25, -0.2) is 13.6 Å². The highest BCUT2D eigenvalue weighted by molar-refractivity contribution is 6.05. The highest BCUT2D eigenvalue weighted by Crippen LogP contribution is 2.16. The normalized spacial score (nSPS) is 10.3. The van der Waals surface area contributed by atoms with Crippen LogP contribution >= 0.6 is 0 Å². The van der Waals surface area contributed by atoms with Crippen molar-refractivity contribution in [1.29, 1.82) is 0 Å². The lowest BCUT2D eigenvalue weighted by Crippen LogP contribution is -2.15. The molecule has 0 atom stereocenters. The van der Waals surface area contributed by atoms with Crippen molar-refractivity contribution in [1.82, 2.24) is 0 Å². The molecular weight excluding hydrogens is 352 g/mol. The van der Waals surface area contributed by atoms with E-state index in [1.54, 1.807) is 6.07 Å². The molecule has 27 heavy (non-hydrogen) atoms. The maximum Gasteiger partial charge on any atom is 0.338 e. The lowest BCUT2D eigenvalue weighted by Gasteiger charge is -2.09. The molecule has 1 amide bonds. The molecule has 3 aromatic carbocycles. The third-order valence-electron chi connectivity index (χ3n) is 3.77. The van der Waals surface area contributed by atoms with Crippen LogP contribution in [-0.2, 0) is 11.3 Å². The first-order valence-corrected chi connectivity index (χ1v) is 8.11. The van der Waals surface area contributed by atoms with Gasteiger partial charge in [0.25, 0.3) is 5.91 Å². The number of esters is 1. The fourth-order valence-corrected chi connectivity index (χ4v) is 2.41. The summed E-state index contributed by atoms with van der Waals surface area (Å²) in [7, 11) is 0. The minimum absolute atomic E-state index is 0.116. The molecule has 0 saturated carbocycles. The smallest absolute Gasteiger partial charge is 0.338 e. The van der Waals surface area contributed by atoms with Gasteiger partial charge < -0.3 is 10.1 Å². The maximum atomic E-state index is 13.7. The first-order chi connectivity index (χ1) is 13.0. The molecular formula is C21H15F2NO3. The Morgan fingerprint density at radius 3 is 2.41 bits per heavy atom. The first kappa shape index (κ1) is 18.3. The molecule has 0 aliphatic rings. The molecule has 0 heterocycles. The summed E-state index contributed by atoms with van der Waals surface area (Å²) in [6, 6.07) is 18.6. The Kier molecular flexibility index (Phi) is 5.56. The minimum atomic E-state index is -1.23. The van der Waals surface area contributed by atoms with Crippen LogP contribution in [0.25, 0.3) is 0 Å². The first-order valence-electron chi connectivity index (χ1n) is 8.11. The van der Waals surface area contributed by atoms with Crippen molar-refractivity contribution in [3.8, 4) is 0 Å². The van der Waals surface area contributed by atoms with Crippen LogP contribution in [0.2, 0.25) is 0 Å². The second-order valence-corrected chi connectivity index (χ2v) is 5.70. The molecule has 0 aromatic heterocycles. The van der Waals surface area contributed by atoms with Gasteiger partial charge in [-0.2, -0.15) is 0 Å². The molecule has 0 unspecified atom stereocenters. The molecule has 136 valence electrons. The van der Waals surface area contributed by atoms with Gasteiger partial charge in [-0.1, -0.05) is 42.5 Å². The summed E-state index contributed by atoms with van der Waals surface area (Å²) in [6.07, 6.45) is 0. The lowest BCUT2D eigenvalue weighted by atomic mass is 10.1. The van der Waals surface area contributed by atoms with Gasteiger partial charge in [-0.15, -0.1) is 0 Å². The maximum absolute atomic E-state index is 13.7. The van der Waals surface area contributed by atoms with E-state index in [0.29, 0.717) is 0 Å². The number of rotatable bonds is 5. The number of nitrogens with one attached hydrogen (secondary N) is 1. The van der Waals surface area contributed by atoms with Crippen LogP contribution in [0, 0.1) is 11.6 Å². The lowest BCUT2D eigenvalue weighted by molar-refractivity contribution is 0.0472. The fourth-order valence-electron chi connectivity index (χ4n) is 2.41. The summed E-state index contributed by atoms with van der Waals surface area (Å²) < 4.78 is 32.2. The van der Waals surface area contributed by atoms with E-state index in [1.807, 2.05) is 30.3 Å². The van der Waals surface area contributed by atoms with Crippen molar-refractivity contribution in [2.75, 3.05) is 5.32 Å². The van der Waals surface area contributed by atoms with Crippen molar-refractivity contribution in [3.05, 3.63) is 101 Å². The molecule has 0 bridgehead atoms. The van der Waals surface area contributed by atoms with Gasteiger partial charge in [-0.3, -0.25) is 4.79 Å². The van der Waals surface area contributed by atoms with Crippen LogP contribution in [-0.4, -0.2) is 11.9 Å². The second-order valence-electron chi connectivity index (χ2n) is 5.70. The number of carbonyl (C=O) groups is 2. The van der Waals surface area contributed by atoms with Crippen LogP contribution in [0.3, 0.4) is 0 Å². The van der Waals surface area contributed by atoms with E-state index in [-0.39, 0.29) is 17.9 Å².